The lowest BCUT2D eigenvalue weighted by Crippen LogP contribution is -2.23. The van der Waals surface area contributed by atoms with Crippen molar-refractivity contribution in [2.75, 3.05) is 6.54 Å². The van der Waals surface area contributed by atoms with Crippen LogP contribution in [0.1, 0.15) is 41.2 Å². The highest BCUT2D eigenvalue weighted by molar-refractivity contribution is 5.34. The second kappa shape index (κ2) is 6.07. The summed E-state index contributed by atoms with van der Waals surface area (Å²) in [6, 6.07) is 10.8. The highest BCUT2D eigenvalue weighted by Gasteiger charge is 2.16. The van der Waals surface area contributed by atoms with Crippen LogP contribution in [0.2, 0.25) is 0 Å². The Morgan fingerprint density at radius 2 is 1.74 bits per heavy atom. The minimum atomic E-state index is 0.249. The normalized spacial score (nSPS) is 12.6. The molecule has 1 unspecified atom stereocenters. The number of hydrogen-bond donors (Lipinski definition) is 1. The van der Waals surface area contributed by atoms with Crippen molar-refractivity contribution in [3.63, 3.8) is 0 Å². The van der Waals surface area contributed by atoms with E-state index in [1.54, 1.807) is 0 Å². The summed E-state index contributed by atoms with van der Waals surface area (Å²) in [6.07, 6.45) is 0.972. The first-order chi connectivity index (χ1) is 9.11. The van der Waals surface area contributed by atoms with Crippen molar-refractivity contribution in [2.45, 2.75) is 40.2 Å². The first-order valence-electron chi connectivity index (χ1n) is 6.96. The van der Waals surface area contributed by atoms with Gasteiger partial charge in [0.1, 0.15) is 11.5 Å². The van der Waals surface area contributed by atoms with Gasteiger partial charge in [-0.1, -0.05) is 25.1 Å². The van der Waals surface area contributed by atoms with Crippen LogP contribution >= 0.6 is 0 Å². The van der Waals surface area contributed by atoms with Crippen LogP contribution < -0.4 is 5.32 Å². The van der Waals surface area contributed by atoms with Crippen molar-refractivity contribution in [3.05, 3.63) is 58.5 Å². The Morgan fingerprint density at radius 3 is 2.26 bits per heavy atom. The van der Waals surface area contributed by atoms with Crippen LogP contribution in [-0.2, 0) is 6.42 Å². The highest BCUT2D eigenvalue weighted by atomic mass is 16.3. The van der Waals surface area contributed by atoms with Crippen LogP contribution in [0.15, 0.2) is 34.7 Å². The third kappa shape index (κ3) is 3.27. The van der Waals surface area contributed by atoms with Gasteiger partial charge in [-0.15, -0.1) is 0 Å². The Bertz CT molecular complexity index is 522. The van der Waals surface area contributed by atoms with Gasteiger partial charge in [-0.05, 0) is 62.6 Å². The maximum absolute atomic E-state index is 5.79. The maximum atomic E-state index is 5.79. The molecular formula is C17H23NO. The van der Waals surface area contributed by atoms with Crippen LogP contribution in [-0.4, -0.2) is 6.54 Å². The molecule has 0 saturated carbocycles. The van der Waals surface area contributed by atoms with E-state index in [0.29, 0.717) is 0 Å². The van der Waals surface area contributed by atoms with Gasteiger partial charge in [0.25, 0.3) is 0 Å². The number of aryl methyl sites for hydroxylation is 3. The fourth-order valence-electron chi connectivity index (χ4n) is 2.54. The van der Waals surface area contributed by atoms with E-state index in [0.717, 1.165) is 24.5 Å². The van der Waals surface area contributed by atoms with Gasteiger partial charge in [0.2, 0.25) is 0 Å². The minimum Gasteiger partial charge on any atom is -0.465 e. The average molecular weight is 257 g/mol. The van der Waals surface area contributed by atoms with Crippen molar-refractivity contribution in [1.29, 1.82) is 0 Å². The minimum absolute atomic E-state index is 0.249. The standard InChI is InChI=1S/C17H23NO/c1-5-18-16(17-10-9-14(4)19-17)11-15-12(2)7-6-8-13(15)3/h6-10,16,18H,5,11H2,1-4H3. The molecule has 2 nitrogen and oxygen atoms in total. The molecule has 1 atom stereocenters. The number of hydrogen-bond acceptors (Lipinski definition) is 2. The quantitative estimate of drug-likeness (QED) is 0.872. The zero-order valence-corrected chi connectivity index (χ0v) is 12.3. The molecule has 0 aliphatic carbocycles. The Kier molecular flexibility index (Phi) is 4.43. The molecule has 2 heteroatoms. The largest absolute Gasteiger partial charge is 0.465 e. The SMILES string of the molecule is CCNC(Cc1c(C)cccc1C)c1ccc(C)o1. The van der Waals surface area contributed by atoms with E-state index in [1.807, 2.05) is 13.0 Å². The summed E-state index contributed by atoms with van der Waals surface area (Å²) < 4.78 is 5.79. The number of rotatable bonds is 5. The Labute approximate surface area is 115 Å². The first-order valence-corrected chi connectivity index (χ1v) is 6.96. The fourth-order valence-corrected chi connectivity index (χ4v) is 2.54. The Balaban J connectivity index is 2.26. The highest BCUT2D eigenvalue weighted by Crippen LogP contribution is 2.24. The third-order valence-electron chi connectivity index (χ3n) is 3.61. The maximum Gasteiger partial charge on any atom is 0.121 e. The van der Waals surface area contributed by atoms with E-state index >= 15 is 0 Å². The summed E-state index contributed by atoms with van der Waals surface area (Å²) in [5.41, 5.74) is 4.12. The second-order valence-corrected chi connectivity index (χ2v) is 5.13. The summed E-state index contributed by atoms with van der Waals surface area (Å²) in [7, 11) is 0. The van der Waals surface area contributed by atoms with Crippen molar-refractivity contribution < 1.29 is 4.42 Å². The van der Waals surface area contributed by atoms with E-state index in [4.69, 9.17) is 4.42 Å². The molecule has 2 aromatic rings. The molecule has 0 spiro atoms. The van der Waals surface area contributed by atoms with Crippen molar-refractivity contribution in [3.8, 4) is 0 Å². The van der Waals surface area contributed by atoms with Crippen LogP contribution in [0.5, 0.6) is 0 Å². The van der Waals surface area contributed by atoms with Gasteiger partial charge in [0.05, 0.1) is 6.04 Å². The molecule has 0 bridgehead atoms. The van der Waals surface area contributed by atoms with Gasteiger partial charge >= 0.3 is 0 Å². The fraction of sp³-hybridized carbons (Fsp3) is 0.412. The smallest absolute Gasteiger partial charge is 0.121 e. The van der Waals surface area contributed by atoms with E-state index in [9.17, 15) is 0 Å². The van der Waals surface area contributed by atoms with Crippen LogP contribution in [0.3, 0.4) is 0 Å². The molecule has 1 aromatic carbocycles. The molecule has 0 saturated heterocycles. The molecule has 102 valence electrons. The summed E-state index contributed by atoms with van der Waals surface area (Å²) in [5.74, 6) is 2.00. The number of furan rings is 1. The van der Waals surface area contributed by atoms with Crippen molar-refractivity contribution >= 4 is 0 Å². The van der Waals surface area contributed by atoms with Crippen LogP contribution in [0.4, 0.5) is 0 Å². The molecule has 0 aliphatic heterocycles. The third-order valence-corrected chi connectivity index (χ3v) is 3.61. The van der Waals surface area contributed by atoms with Gasteiger partial charge in [-0.25, -0.2) is 0 Å². The Hall–Kier alpha value is -1.54. The lowest BCUT2D eigenvalue weighted by Gasteiger charge is -2.18. The lowest BCUT2D eigenvalue weighted by molar-refractivity contribution is 0.403. The number of benzene rings is 1. The van der Waals surface area contributed by atoms with Crippen molar-refractivity contribution in [1.82, 2.24) is 5.32 Å². The molecule has 1 heterocycles. The molecule has 0 fully saturated rings. The average Bonchev–Trinajstić information content (AvgIpc) is 2.79. The van der Waals surface area contributed by atoms with Gasteiger partial charge < -0.3 is 9.73 Å². The van der Waals surface area contributed by atoms with Crippen molar-refractivity contribution in [2.24, 2.45) is 0 Å². The van der Waals surface area contributed by atoms with Gasteiger partial charge in [-0.2, -0.15) is 0 Å². The van der Waals surface area contributed by atoms with E-state index in [-0.39, 0.29) is 6.04 Å². The van der Waals surface area contributed by atoms with E-state index in [2.05, 4.69) is 50.4 Å². The summed E-state index contributed by atoms with van der Waals surface area (Å²) in [6.45, 7) is 9.42. The molecule has 1 aromatic heterocycles. The monoisotopic (exact) mass is 257 g/mol. The van der Waals surface area contributed by atoms with Crippen LogP contribution in [0, 0.1) is 20.8 Å². The summed E-state index contributed by atoms with van der Waals surface area (Å²) in [4.78, 5) is 0. The Morgan fingerprint density at radius 1 is 1.05 bits per heavy atom. The molecule has 1 N–H and O–H groups in total. The van der Waals surface area contributed by atoms with Crippen LogP contribution in [0.25, 0.3) is 0 Å². The van der Waals surface area contributed by atoms with E-state index in [1.165, 1.54) is 16.7 Å². The zero-order valence-electron chi connectivity index (χ0n) is 12.3. The number of likely N-dealkylation sites (N-methyl/N-ethyl adjacent to an activating group) is 1. The molecule has 0 aliphatic rings. The first kappa shape index (κ1) is 13.9. The van der Waals surface area contributed by atoms with Gasteiger partial charge in [0, 0.05) is 0 Å². The lowest BCUT2D eigenvalue weighted by atomic mass is 9.95. The molecule has 0 radical (unpaired) electrons. The zero-order chi connectivity index (χ0) is 13.8. The number of nitrogens with one attached hydrogen (secondary N) is 1. The predicted molar refractivity (Wildman–Crippen MR) is 79.5 cm³/mol. The molecular weight excluding hydrogens is 234 g/mol. The predicted octanol–water partition coefficient (Wildman–Crippen LogP) is 4.10. The van der Waals surface area contributed by atoms with Gasteiger partial charge in [0.15, 0.2) is 0 Å². The second-order valence-electron chi connectivity index (χ2n) is 5.13. The molecule has 2 rings (SSSR count). The topological polar surface area (TPSA) is 25.2 Å². The summed E-state index contributed by atoms with van der Waals surface area (Å²) >= 11 is 0. The molecule has 0 amide bonds. The summed E-state index contributed by atoms with van der Waals surface area (Å²) in [5, 5.41) is 3.52. The van der Waals surface area contributed by atoms with Gasteiger partial charge in [-0.3, -0.25) is 0 Å². The van der Waals surface area contributed by atoms with E-state index < -0.39 is 0 Å². The molecule has 19 heavy (non-hydrogen) atoms.